The Bertz CT molecular complexity index is 178. The van der Waals surface area contributed by atoms with E-state index in [0.29, 0.717) is 11.5 Å². The van der Waals surface area contributed by atoms with Gasteiger partial charge >= 0.3 is 0 Å². The van der Waals surface area contributed by atoms with E-state index in [1.807, 2.05) is 0 Å². The van der Waals surface area contributed by atoms with Crippen LogP contribution >= 0.6 is 0 Å². The minimum atomic E-state index is 0.522. The van der Waals surface area contributed by atoms with Crippen molar-refractivity contribution in [3.05, 3.63) is 0 Å². The Morgan fingerprint density at radius 2 is 1.38 bits per heavy atom. The highest BCUT2D eigenvalue weighted by Gasteiger charge is 2.43. The summed E-state index contributed by atoms with van der Waals surface area (Å²) in [4.78, 5) is 0. The molecule has 0 amide bonds. The SMILES string of the molecule is CC(C)(C)C1C[C@@H]2C[C@H](N)C[C@@H]2C1. The minimum absolute atomic E-state index is 0.522. The van der Waals surface area contributed by atoms with Crippen LogP contribution in [0.1, 0.15) is 46.5 Å². The molecule has 1 unspecified atom stereocenters. The Balaban J connectivity index is 1.98. The zero-order chi connectivity index (χ0) is 9.64. The molecule has 0 aromatic heterocycles. The van der Waals surface area contributed by atoms with Crippen molar-refractivity contribution in [2.24, 2.45) is 28.9 Å². The minimum Gasteiger partial charge on any atom is -0.328 e. The Morgan fingerprint density at radius 3 is 1.77 bits per heavy atom. The summed E-state index contributed by atoms with van der Waals surface area (Å²) in [5.74, 6) is 2.90. The number of hydrogen-bond acceptors (Lipinski definition) is 1. The lowest BCUT2D eigenvalue weighted by Gasteiger charge is -2.27. The van der Waals surface area contributed by atoms with E-state index >= 15 is 0 Å². The Labute approximate surface area is 82.1 Å². The molecule has 2 aliphatic carbocycles. The summed E-state index contributed by atoms with van der Waals surface area (Å²) in [5, 5.41) is 0. The van der Waals surface area contributed by atoms with Gasteiger partial charge in [0.15, 0.2) is 0 Å². The van der Waals surface area contributed by atoms with Gasteiger partial charge in [0.2, 0.25) is 0 Å². The average Bonchev–Trinajstić information content (AvgIpc) is 2.40. The fraction of sp³-hybridized carbons (Fsp3) is 1.00. The van der Waals surface area contributed by atoms with E-state index in [1.165, 1.54) is 25.7 Å². The van der Waals surface area contributed by atoms with Crippen LogP contribution in [0.2, 0.25) is 0 Å². The largest absolute Gasteiger partial charge is 0.328 e. The monoisotopic (exact) mass is 181 g/mol. The van der Waals surface area contributed by atoms with Crippen molar-refractivity contribution < 1.29 is 0 Å². The highest BCUT2D eigenvalue weighted by molar-refractivity contribution is 4.95. The second-order valence-corrected chi connectivity index (χ2v) is 6.29. The van der Waals surface area contributed by atoms with E-state index in [-0.39, 0.29) is 0 Å². The van der Waals surface area contributed by atoms with E-state index in [2.05, 4.69) is 20.8 Å². The van der Waals surface area contributed by atoms with E-state index in [0.717, 1.165) is 17.8 Å². The molecule has 0 aromatic carbocycles. The van der Waals surface area contributed by atoms with Gasteiger partial charge in [-0.2, -0.15) is 0 Å². The highest BCUT2D eigenvalue weighted by Crippen LogP contribution is 2.51. The molecule has 0 saturated heterocycles. The predicted octanol–water partition coefficient (Wildman–Crippen LogP) is 2.80. The molecule has 0 aromatic rings. The zero-order valence-electron chi connectivity index (χ0n) is 9.22. The molecule has 4 atom stereocenters. The lowest BCUT2D eigenvalue weighted by molar-refractivity contribution is 0.230. The average molecular weight is 181 g/mol. The molecule has 0 aliphatic heterocycles. The Hall–Kier alpha value is -0.0400. The molecular weight excluding hydrogens is 158 g/mol. The Morgan fingerprint density at radius 1 is 0.923 bits per heavy atom. The zero-order valence-corrected chi connectivity index (χ0v) is 9.22. The van der Waals surface area contributed by atoms with Crippen molar-refractivity contribution in [1.82, 2.24) is 0 Å². The second kappa shape index (κ2) is 2.98. The first-order chi connectivity index (χ1) is 5.97. The molecule has 0 radical (unpaired) electrons. The lowest BCUT2D eigenvalue weighted by atomic mass is 9.78. The third-order valence-electron chi connectivity index (χ3n) is 4.28. The van der Waals surface area contributed by atoms with Crippen LogP contribution in [0.4, 0.5) is 0 Å². The normalized spacial score (nSPS) is 45.2. The summed E-state index contributed by atoms with van der Waals surface area (Å²) < 4.78 is 0. The first-order valence-electron chi connectivity index (χ1n) is 5.72. The third kappa shape index (κ3) is 1.76. The van der Waals surface area contributed by atoms with E-state index < -0.39 is 0 Å². The van der Waals surface area contributed by atoms with Crippen LogP contribution in [0.25, 0.3) is 0 Å². The maximum Gasteiger partial charge on any atom is 0.00443 e. The fourth-order valence-electron chi connectivity index (χ4n) is 3.37. The van der Waals surface area contributed by atoms with Crippen LogP contribution in [0, 0.1) is 23.2 Å². The summed E-state index contributed by atoms with van der Waals surface area (Å²) >= 11 is 0. The molecular formula is C12H23N. The van der Waals surface area contributed by atoms with Crippen LogP contribution in [0.15, 0.2) is 0 Å². The van der Waals surface area contributed by atoms with Crippen molar-refractivity contribution in [3.8, 4) is 0 Å². The van der Waals surface area contributed by atoms with Gasteiger partial charge < -0.3 is 5.73 Å². The lowest BCUT2D eigenvalue weighted by Crippen LogP contribution is -2.21. The number of rotatable bonds is 0. The van der Waals surface area contributed by atoms with Gasteiger partial charge in [0.1, 0.15) is 0 Å². The van der Waals surface area contributed by atoms with E-state index in [1.54, 1.807) is 0 Å². The fourth-order valence-corrected chi connectivity index (χ4v) is 3.37. The molecule has 2 N–H and O–H groups in total. The molecule has 2 aliphatic rings. The first-order valence-corrected chi connectivity index (χ1v) is 5.72. The van der Waals surface area contributed by atoms with Gasteiger partial charge in [-0.1, -0.05) is 20.8 Å². The number of fused-ring (bicyclic) bond motifs is 1. The van der Waals surface area contributed by atoms with Crippen molar-refractivity contribution in [2.75, 3.05) is 0 Å². The van der Waals surface area contributed by atoms with Crippen LogP contribution in [0.3, 0.4) is 0 Å². The van der Waals surface area contributed by atoms with Gasteiger partial charge in [-0.15, -0.1) is 0 Å². The third-order valence-corrected chi connectivity index (χ3v) is 4.28. The molecule has 76 valence electrons. The van der Waals surface area contributed by atoms with E-state index in [4.69, 9.17) is 5.73 Å². The molecule has 0 heterocycles. The number of hydrogen-bond donors (Lipinski definition) is 1. The molecule has 13 heavy (non-hydrogen) atoms. The number of nitrogens with two attached hydrogens (primary N) is 1. The molecule has 1 heteroatoms. The van der Waals surface area contributed by atoms with Crippen molar-refractivity contribution in [2.45, 2.75) is 52.5 Å². The van der Waals surface area contributed by atoms with Crippen LogP contribution < -0.4 is 5.73 Å². The maximum atomic E-state index is 5.98. The van der Waals surface area contributed by atoms with Gasteiger partial charge in [0.05, 0.1) is 0 Å². The van der Waals surface area contributed by atoms with Crippen LogP contribution in [0.5, 0.6) is 0 Å². The topological polar surface area (TPSA) is 26.0 Å². The predicted molar refractivity (Wildman–Crippen MR) is 56.4 cm³/mol. The summed E-state index contributed by atoms with van der Waals surface area (Å²) in [5.41, 5.74) is 6.50. The summed E-state index contributed by atoms with van der Waals surface area (Å²) in [7, 11) is 0. The van der Waals surface area contributed by atoms with Gasteiger partial charge in [0, 0.05) is 6.04 Å². The van der Waals surface area contributed by atoms with Crippen molar-refractivity contribution in [3.63, 3.8) is 0 Å². The quantitative estimate of drug-likeness (QED) is 0.611. The van der Waals surface area contributed by atoms with Gasteiger partial charge in [0.25, 0.3) is 0 Å². The molecule has 2 fully saturated rings. The maximum absolute atomic E-state index is 5.98. The standard InChI is InChI=1S/C12H23N/c1-12(2,3)10-4-8-6-11(13)7-9(8)5-10/h8-11H,4-7,13H2,1-3H3/t8-,9+,10?,11+. The second-order valence-electron chi connectivity index (χ2n) is 6.29. The highest BCUT2D eigenvalue weighted by atomic mass is 14.7. The summed E-state index contributed by atoms with van der Waals surface area (Å²) in [6.07, 6.45) is 5.50. The van der Waals surface area contributed by atoms with Gasteiger partial charge in [-0.25, -0.2) is 0 Å². The van der Waals surface area contributed by atoms with Crippen molar-refractivity contribution in [1.29, 1.82) is 0 Å². The molecule has 0 bridgehead atoms. The molecule has 0 spiro atoms. The first kappa shape index (κ1) is 9.51. The van der Waals surface area contributed by atoms with Gasteiger partial charge in [-0.3, -0.25) is 0 Å². The van der Waals surface area contributed by atoms with Gasteiger partial charge in [-0.05, 0) is 48.9 Å². The smallest absolute Gasteiger partial charge is 0.00443 e. The Kier molecular flexibility index (Phi) is 2.18. The molecule has 2 saturated carbocycles. The van der Waals surface area contributed by atoms with Crippen LogP contribution in [-0.2, 0) is 0 Å². The molecule has 2 rings (SSSR count). The summed E-state index contributed by atoms with van der Waals surface area (Å²) in [6, 6.07) is 0.524. The van der Waals surface area contributed by atoms with Crippen LogP contribution in [-0.4, -0.2) is 6.04 Å². The van der Waals surface area contributed by atoms with E-state index in [9.17, 15) is 0 Å². The molecule has 1 nitrogen and oxygen atoms in total. The summed E-state index contributed by atoms with van der Waals surface area (Å²) in [6.45, 7) is 7.16. The van der Waals surface area contributed by atoms with Crippen molar-refractivity contribution >= 4 is 0 Å².